The number of carbonyl (C=O) groups is 1. The van der Waals surface area contributed by atoms with E-state index in [0.29, 0.717) is 17.9 Å². The molecular formula is C19H19N5O3. The van der Waals surface area contributed by atoms with E-state index in [1.54, 1.807) is 24.4 Å². The number of piperidine rings is 1. The molecular weight excluding hydrogens is 346 g/mol. The molecule has 138 valence electrons. The van der Waals surface area contributed by atoms with Crippen LogP contribution in [0.5, 0.6) is 0 Å². The van der Waals surface area contributed by atoms with Crippen molar-refractivity contribution in [1.82, 2.24) is 10.3 Å². The second kappa shape index (κ2) is 8.27. The second-order valence-corrected chi connectivity index (χ2v) is 6.40. The largest absolute Gasteiger partial charge is 0.356 e. The van der Waals surface area contributed by atoms with E-state index in [2.05, 4.69) is 21.3 Å². The third kappa shape index (κ3) is 4.20. The van der Waals surface area contributed by atoms with Crippen molar-refractivity contribution < 1.29 is 9.72 Å². The Kier molecular flexibility index (Phi) is 5.61. The van der Waals surface area contributed by atoms with E-state index >= 15 is 0 Å². The predicted molar refractivity (Wildman–Crippen MR) is 99.3 cm³/mol. The minimum atomic E-state index is -0.549. The van der Waals surface area contributed by atoms with Gasteiger partial charge in [0.05, 0.1) is 10.5 Å². The van der Waals surface area contributed by atoms with Gasteiger partial charge in [-0.2, -0.15) is 5.26 Å². The Bertz CT molecular complexity index is 885. The zero-order chi connectivity index (χ0) is 19.2. The number of nitrogens with one attached hydrogen (secondary N) is 1. The molecule has 1 aliphatic heterocycles. The van der Waals surface area contributed by atoms with Crippen LogP contribution in [0, 0.1) is 27.4 Å². The van der Waals surface area contributed by atoms with Gasteiger partial charge in [0.15, 0.2) is 0 Å². The first-order chi connectivity index (χ1) is 13.1. The van der Waals surface area contributed by atoms with Gasteiger partial charge in [-0.1, -0.05) is 12.1 Å². The number of nitro benzene ring substituents is 1. The maximum Gasteiger partial charge on any atom is 0.282 e. The summed E-state index contributed by atoms with van der Waals surface area (Å²) < 4.78 is 0. The molecule has 0 aliphatic carbocycles. The van der Waals surface area contributed by atoms with Crippen molar-refractivity contribution in [2.45, 2.75) is 12.8 Å². The van der Waals surface area contributed by atoms with E-state index in [-0.39, 0.29) is 17.2 Å². The van der Waals surface area contributed by atoms with E-state index in [4.69, 9.17) is 0 Å². The van der Waals surface area contributed by atoms with E-state index in [9.17, 15) is 20.2 Å². The van der Waals surface area contributed by atoms with E-state index in [0.717, 1.165) is 25.9 Å². The molecule has 1 aromatic heterocycles. The topological polar surface area (TPSA) is 112 Å². The van der Waals surface area contributed by atoms with Crippen molar-refractivity contribution in [3.63, 3.8) is 0 Å². The van der Waals surface area contributed by atoms with Gasteiger partial charge in [0.1, 0.15) is 17.5 Å². The number of carbonyl (C=O) groups excluding carboxylic acids is 1. The number of hydrogen-bond donors (Lipinski definition) is 1. The molecule has 1 amide bonds. The molecule has 0 unspecified atom stereocenters. The number of aromatic nitrogens is 1. The van der Waals surface area contributed by atoms with Gasteiger partial charge in [-0.3, -0.25) is 14.9 Å². The third-order valence-corrected chi connectivity index (χ3v) is 4.72. The standard InChI is InChI=1S/C19H19N5O3/c20-12-15-4-3-9-21-18(15)23-10-7-14(8-11-23)13-22-19(25)16-5-1-2-6-17(16)24(26)27/h1-6,9,14H,7-8,10-11,13H2,(H,22,25). The van der Waals surface area contributed by atoms with Gasteiger partial charge in [0, 0.05) is 31.9 Å². The number of nitrogens with zero attached hydrogens (tertiary/aromatic N) is 4. The summed E-state index contributed by atoms with van der Waals surface area (Å²) in [4.78, 5) is 29.2. The highest BCUT2D eigenvalue weighted by atomic mass is 16.6. The molecule has 27 heavy (non-hydrogen) atoms. The number of benzene rings is 1. The molecule has 1 saturated heterocycles. The molecule has 1 fully saturated rings. The number of nitro groups is 1. The average Bonchev–Trinajstić information content (AvgIpc) is 2.72. The van der Waals surface area contributed by atoms with Gasteiger partial charge in [-0.15, -0.1) is 0 Å². The number of amides is 1. The first kappa shape index (κ1) is 18.3. The van der Waals surface area contributed by atoms with Gasteiger partial charge in [-0.05, 0) is 37.0 Å². The number of nitriles is 1. The second-order valence-electron chi connectivity index (χ2n) is 6.40. The van der Waals surface area contributed by atoms with Gasteiger partial charge < -0.3 is 10.2 Å². The monoisotopic (exact) mass is 365 g/mol. The van der Waals surface area contributed by atoms with Crippen LogP contribution in [0.3, 0.4) is 0 Å². The Morgan fingerprint density at radius 3 is 2.74 bits per heavy atom. The number of hydrogen-bond acceptors (Lipinski definition) is 6. The Morgan fingerprint density at radius 1 is 1.30 bits per heavy atom. The quantitative estimate of drug-likeness (QED) is 0.643. The molecule has 0 radical (unpaired) electrons. The van der Waals surface area contributed by atoms with Crippen LogP contribution in [-0.2, 0) is 0 Å². The summed E-state index contributed by atoms with van der Waals surface area (Å²) >= 11 is 0. The molecule has 0 spiro atoms. The fourth-order valence-corrected chi connectivity index (χ4v) is 3.24. The van der Waals surface area contributed by atoms with Crippen LogP contribution in [0.4, 0.5) is 11.5 Å². The first-order valence-corrected chi connectivity index (χ1v) is 8.72. The summed E-state index contributed by atoms with van der Waals surface area (Å²) in [5.74, 6) is 0.547. The van der Waals surface area contributed by atoms with Crippen molar-refractivity contribution in [3.8, 4) is 6.07 Å². The van der Waals surface area contributed by atoms with Gasteiger partial charge in [0.2, 0.25) is 0 Å². The van der Waals surface area contributed by atoms with E-state index in [1.807, 2.05) is 0 Å². The summed E-state index contributed by atoms with van der Waals surface area (Å²) in [6, 6.07) is 11.6. The van der Waals surface area contributed by atoms with Crippen molar-refractivity contribution in [1.29, 1.82) is 5.26 Å². The lowest BCUT2D eigenvalue weighted by Crippen LogP contribution is -2.39. The van der Waals surface area contributed by atoms with Crippen molar-refractivity contribution in [2.75, 3.05) is 24.5 Å². The highest BCUT2D eigenvalue weighted by molar-refractivity contribution is 5.98. The molecule has 0 saturated carbocycles. The lowest BCUT2D eigenvalue weighted by molar-refractivity contribution is -0.385. The van der Waals surface area contributed by atoms with Crippen LogP contribution in [0.25, 0.3) is 0 Å². The Labute approximate surface area is 156 Å². The average molecular weight is 365 g/mol. The van der Waals surface area contributed by atoms with E-state index in [1.165, 1.54) is 18.2 Å². The summed E-state index contributed by atoms with van der Waals surface area (Å²) in [5, 5.41) is 23.1. The van der Waals surface area contributed by atoms with Crippen LogP contribution < -0.4 is 10.2 Å². The minimum absolute atomic E-state index is 0.0760. The zero-order valence-corrected chi connectivity index (χ0v) is 14.7. The molecule has 1 aromatic carbocycles. The molecule has 0 atom stereocenters. The maximum atomic E-state index is 12.3. The molecule has 3 rings (SSSR count). The Morgan fingerprint density at radius 2 is 2.04 bits per heavy atom. The van der Waals surface area contributed by atoms with Gasteiger partial charge in [0.25, 0.3) is 11.6 Å². The zero-order valence-electron chi connectivity index (χ0n) is 14.7. The summed E-state index contributed by atoms with van der Waals surface area (Å²) in [7, 11) is 0. The fourth-order valence-electron chi connectivity index (χ4n) is 3.24. The number of pyridine rings is 1. The number of rotatable bonds is 5. The Hall–Kier alpha value is -3.47. The molecule has 8 heteroatoms. The SMILES string of the molecule is N#Cc1cccnc1N1CCC(CNC(=O)c2ccccc2[N+](=O)[O-])CC1. The lowest BCUT2D eigenvalue weighted by Gasteiger charge is -2.33. The summed E-state index contributed by atoms with van der Waals surface area (Å²) in [6.07, 6.45) is 3.37. The minimum Gasteiger partial charge on any atom is -0.356 e. The lowest BCUT2D eigenvalue weighted by atomic mass is 9.96. The maximum absolute atomic E-state index is 12.3. The molecule has 0 bridgehead atoms. The summed E-state index contributed by atoms with van der Waals surface area (Å²) in [6.45, 7) is 1.96. The number of para-hydroxylation sites is 1. The van der Waals surface area contributed by atoms with Gasteiger partial charge in [-0.25, -0.2) is 4.98 Å². The van der Waals surface area contributed by atoms with Crippen LogP contribution >= 0.6 is 0 Å². The predicted octanol–water partition coefficient (Wildman–Crippen LogP) is 2.51. The summed E-state index contributed by atoms with van der Waals surface area (Å²) in [5.41, 5.74) is 0.441. The first-order valence-electron chi connectivity index (χ1n) is 8.72. The highest BCUT2D eigenvalue weighted by Crippen LogP contribution is 2.24. The van der Waals surface area contributed by atoms with Crippen LogP contribution in [0.15, 0.2) is 42.6 Å². The molecule has 1 aliphatic rings. The normalized spacial score (nSPS) is 14.4. The molecule has 1 N–H and O–H groups in total. The van der Waals surface area contributed by atoms with Crippen molar-refractivity contribution in [2.24, 2.45) is 5.92 Å². The van der Waals surface area contributed by atoms with Crippen LogP contribution in [0.1, 0.15) is 28.8 Å². The molecule has 8 nitrogen and oxygen atoms in total. The smallest absolute Gasteiger partial charge is 0.282 e. The highest BCUT2D eigenvalue weighted by Gasteiger charge is 2.24. The third-order valence-electron chi connectivity index (χ3n) is 4.72. The molecule has 2 aromatic rings. The van der Waals surface area contributed by atoms with Crippen LogP contribution in [-0.4, -0.2) is 35.4 Å². The molecule has 2 heterocycles. The van der Waals surface area contributed by atoms with Crippen LogP contribution in [0.2, 0.25) is 0 Å². The fraction of sp³-hybridized carbons (Fsp3) is 0.316. The Balaban J connectivity index is 1.55. The van der Waals surface area contributed by atoms with Crippen molar-refractivity contribution >= 4 is 17.4 Å². The van der Waals surface area contributed by atoms with Crippen molar-refractivity contribution in [3.05, 3.63) is 63.8 Å². The number of anilines is 1. The van der Waals surface area contributed by atoms with Gasteiger partial charge >= 0.3 is 0 Å². The van der Waals surface area contributed by atoms with E-state index < -0.39 is 10.8 Å².